The van der Waals surface area contributed by atoms with Crippen LogP contribution in [0.1, 0.15) is 30.0 Å². The second-order valence-corrected chi connectivity index (χ2v) is 8.09. The average molecular weight is 436 g/mol. The van der Waals surface area contributed by atoms with Gasteiger partial charge in [-0.1, -0.05) is 0 Å². The highest BCUT2D eigenvalue weighted by atomic mass is 32.1. The van der Waals surface area contributed by atoms with Crippen LogP contribution in [0.3, 0.4) is 0 Å². The maximum atomic E-state index is 14.7. The maximum Gasteiger partial charge on any atom is 0.417 e. The fraction of sp³-hybridized carbons (Fsp3) is 0.444. The molecule has 1 amide bonds. The summed E-state index contributed by atoms with van der Waals surface area (Å²) in [5.41, 5.74) is -2.96. The molecule has 1 aliphatic carbocycles. The molecule has 2 aliphatic rings. The molecule has 1 aliphatic heterocycles. The highest BCUT2D eigenvalue weighted by Gasteiger charge is 2.81. The molecule has 4 rings (SSSR count). The van der Waals surface area contributed by atoms with Crippen LogP contribution in [-0.4, -0.2) is 39.5 Å². The standard InChI is InChI=1S/C18H14F6N2O2S/c19-9-1-2-10(11(7-9)18(22,23)24)13-8-12(25-29-13)14-16(17(14,20)21)3-5-26(6-4-16)15(27)28/h1-2,7-8,14H,3-6H2,(H,27,28). The van der Waals surface area contributed by atoms with Crippen molar-refractivity contribution >= 4 is 17.6 Å². The van der Waals surface area contributed by atoms with Gasteiger partial charge in [-0.25, -0.2) is 18.0 Å². The lowest BCUT2D eigenvalue weighted by atomic mass is 9.89. The average Bonchev–Trinajstić information content (AvgIpc) is 2.96. The minimum atomic E-state index is -4.81. The summed E-state index contributed by atoms with van der Waals surface area (Å²) in [6.07, 6.45) is -6.08. The Morgan fingerprint density at radius 3 is 2.45 bits per heavy atom. The van der Waals surface area contributed by atoms with Crippen molar-refractivity contribution in [1.82, 2.24) is 9.27 Å². The van der Waals surface area contributed by atoms with Crippen molar-refractivity contribution < 1.29 is 36.2 Å². The molecule has 29 heavy (non-hydrogen) atoms. The number of nitrogens with zero attached hydrogens (tertiary/aromatic N) is 2. The molecule has 1 aromatic heterocycles. The van der Waals surface area contributed by atoms with Crippen molar-refractivity contribution in [2.24, 2.45) is 5.41 Å². The number of hydrogen-bond donors (Lipinski definition) is 1. The molecule has 156 valence electrons. The minimum absolute atomic E-state index is 0.0174. The molecule has 11 heteroatoms. The van der Waals surface area contributed by atoms with Crippen LogP contribution in [0.2, 0.25) is 0 Å². The van der Waals surface area contributed by atoms with Gasteiger partial charge in [-0.05, 0) is 48.6 Å². The number of likely N-dealkylation sites (tertiary alicyclic amines) is 1. The number of rotatable bonds is 2. The van der Waals surface area contributed by atoms with E-state index < -0.39 is 40.9 Å². The Labute approximate surface area is 164 Å². The van der Waals surface area contributed by atoms with Crippen LogP contribution >= 0.6 is 11.5 Å². The third-order valence-corrected chi connectivity index (χ3v) is 6.64. The first kappa shape index (κ1) is 20.0. The zero-order chi connectivity index (χ0) is 21.2. The Bertz CT molecular complexity index is 966. The summed E-state index contributed by atoms with van der Waals surface area (Å²) in [5, 5.41) is 8.99. The molecule has 1 saturated heterocycles. The lowest BCUT2D eigenvalue weighted by Crippen LogP contribution is -2.39. The normalized spacial score (nSPS) is 22.7. The summed E-state index contributed by atoms with van der Waals surface area (Å²) in [4.78, 5) is 12.1. The summed E-state index contributed by atoms with van der Waals surface area (Å²) in [5.74, 6) is -5.44. The molecular formula is C18H14F6N2O2S. The summed E-state index contributed by atoms with van der Waals surface area (Å²) in [7, 11) is 0. The lowest BCUT2D eigenvalue weighted by Gasteiger charge is -2.30. The molecule has 2 fully saturated rings. The Kier molecular flexibility index (Phi) is 4.38. The van der Waals surface area contributed by atoms with Crippen molar-refractivity contribution in [3.8, 4) is 10.4 Å². The fourth-order valence-electron chi connectivity index (χ4n) is 4.21. The molecule has 1 spiro atoms. The summed E-state index contributed by atoms with van der Waals surface area (Å²) >= 11 is 0.650. The monoisotopic (exact) mass is 436 g/mol. The SMILES string of the molecule is O=C(O)N1CCC2(CC1)C(c1cc(-c3ccc(F)cc3C(F)(F)F)sn1)C2(F)F. The van der Waals surface area contributed by atoms with E-state index >= 15 is 0 Å². The molecule has 1 unspecified atom stereocenters. The van der Waals surface area contributed by atoms with E-state index in [1.165, 1.54) is 6.07 Å². The zero-order valence-corrected chi connectivity index (χ0v) is 15.5. The highest BCUT2D eigenvalue weighted by molar-refractivity contribution is 7.09. The number of hydrogen-bond acceptors (Lipinski definition) is 3. The molecule has 0 bridgehead atoms. The Morgan fingerprint density at radius 1 is 1.21 bits per heavy atom. The van der Waals surface area contributed by atoms with Gasteiger partial charge in [-0.15, -0.1) is 0 Å². The van der Waals surface area contributed by atoms with Crippen LogP contribution in [0.4, 0.5) is 31.1 Å². The first-order chi connectivity index (χ1) is 13.5. The van der Waals surface area contributed by atoms with Crippen molar-refractivity contribution in [3.63, 3.8) is 0 Å². The predicted molar refractivity (Wildman–Crippen MR) is 91.5 cm³/mol. The van der Waals surface area contributed by atoms with E-state index in [9.17, 15) is 31.1 Å². The van der Waals surface area contributed by atoms with Crippen LogP contribution in [0, 0.1) is 11.2 Å². The van der Waals surface area contributed by atoms with Gasteiger partial charge in [-0.3, -0.25) is 0 Å². The fourth-order valence-corrected chi connectivity index (χ4v) is 5.03. The van der Waals surface area contributed by atoms with E-state index in [0.717, 1.165) is 17.0 Å². The maximum absolute atomic E-state index is 14.7. The lowest BCUT2D eigenvalue weighted by molar-refractivity contribution is -0.137. The first-order valence-electron chi connectivity index (χ1n) is 8.67. The summed E-state index contributed by atoms with van der Waals surface area (Å²) in [6.45, 7) is -0.0663. The predicted octanol–water partition coefficient (Wildman–Crippen LogP) is 5.46. The molecule has 0 radical (unpaired) electrons. The molecule has 1 N–H and O–H groups in total. The number of benzene rings is 1. The van der Waals surface area contributed by atoms with E-state index in [-0.39, 0.29) is 42.1 Å². The van der Waals surface area contributed by atoms with E-state index in [1.54, 1.807) is 0 Å². The van der Waals surface area contributed by atoms with Gasteiger partial charge in [0.2, 0.25) is 0 Å². The van der Waals surface area contributed by atoms with Crippen LogP contribution in [0.5, 0.6) is 0 Å². The Hall–Kier alpha value is -2.30. The molecule has 1 saturated carbocycles. The number of alkyl halides is 5. The van der Waals surface area contributed by atoms with Crippen LogP contribution in [0.15, 0.2) is 24.3 Å². The smallest absolute Gasteiger partial charge is 0.417 e. The minimum Gasteiger partial charge on any atom is -0.465 e. The second-order valence-electron chi connectivity index (χ2n) is 7.29. The third kappa shape index (κ3) is 3.06. The van der Waals surface area contributed by atoms with E-state index in [4.69, 9.17) is 5.11 Å². The molecule has 1 aromatic carbocycles. The summed E-state index contributed by atoms with van der Waals surface area (Å²) < 4.78 is 86.3. The van der Waals surface area contributed by atoms with Gasteiger partial charge in [0.15, 0.2) is 0 Å². The number of amides is 1. The molecule has 4 nitrogen and oxygen atoms in total. The van der Waals surface area contributed by atoms with Crippen molar-refractivity contribution in [2.75, 3.05) is 13.1 Å². The Balaban J connectivity index is 1.64. The Morgan fingerprint density at radius 2 is 1.86 bits per heavy atom. The second kappa shape index (κ2) is 6.35. The van der Waals surface area contributed by atoms with Crippen molar-refractivity contribution in [2.45, 2.75) is 30.9 Å². The summed E-state index contributed by atoms with van der Waals surface area (Å²) in [6, 6.07) is 3.40. The van der Waals surface area contributed by atoms with E-state index in [1.807, 2.05) is 0 Å². The molecule has 1 atom stereocenters. The van der Waals surface area contributed by atoms with Crippen LogP contribution in [0.25, 0.3) is 10.4 Å². The number of carboxylic acid groups (broad SMARTS) is 1. The van der Waals surface area contributed by atoms with Crippen molar-refractivity contribution in [1.29, 1.82) is 0 Å². The number of halogens is 6. The van der Waals surface area contributed by atoms with E-state index in [2.05, 4.69) is 4.37 Å². The van der Waals surface area contributed by atoms with Gasteiger partial charge in [0.05, 0.1) is 27.5 Å². The van der Waals surface area contributed by atoms with Gasteiger partial charge in [0.1, 0.15) is 5.82 Å². The van der Waals surface area contributed by atoms with E-state index in [0.29, 0.717) is 17.6 Å². The van der Waals surface area contributed by atoms with Gasteiger partial charge >= 0.3 is 12.3 Å². The molecule has 2 heterocycles. The van der Waals surface area contributed by atoms with Gasteiger partial charge < -0.3 is 10.0 Å². The number of piperidine rings is 1. The van der Waals surface area contributed by atoms with Crippen LogP contribution in [-0.2, 0) is 6.18 Å². The first-order valence-corrected chi connectivity index (χ1v) is 9.44. The number of aromatic nitrogens is 1. The number of carbonyl (C=O) groups is 1. The van der Waals surface area contributed by atoms with Gasteiger partial charge in [0.25, 0.3) is 5.92 Å². The van der Waals surface area contributed by atoms with Gasteiger partial charge in [-0.2, -0.15) is 17.5 Å². The van der Waals surface area contributed by atoms with Crippen LogP contribution < -0.4 is 0 Å². The van der Waals surface area contributed by atoms with Crippen molar-refractivity contribution in [3.05, 3.63) is 41.3 Å². The highest BCUT2D eigenvalue weighted by Crippen LogP contribution is 2.75. The topological polar surface area (TPSA) is 53.4 Å². The molecule has 2 aromatic rings. The van der Waals surface area contributed by atoms with Gasteiger partial charge in [0, 0.05) is 18.7 Å². The third-order valence-electron chi connectivity index (χ3n) is 5.80. The zero-order valence-electron chi connectivity index (χ0n) is 14.6. The largest absolute Gasteiger partial charge is 0.465 e. The molecular weight excluding hydrogens is 422 g/mol. The quantitative estimate of drug-likeness (QED) is 0.636.